The molecule has 170 valence electrons. The predicted molar refractivity (Wildman–Crippen MR) is 104 cm³/mol. The van der Waals surface area contributed by atoms with Gasteiger partial charge >= 0.3 is 13.8 Å². The summed E-state index contributed by atoms with van der Waals surface area (Å²) in [4.78, 5) is 22.7. The SMILES string of the molecule is CC(C)OC[C@@H]1C(OP(=O)(O)OC(=O)[C@H]2O[C@@H](C)CC2OC(C)C)C[C@H](C)C1O. The predicted octanol–water partition coefficient (Wildman–Crippen LogP) is 2.43. The van der Waals surface area contributed by atoms with Crippen molar-refractivity contribution >= 4 is 13.8 Å². The van der Waals surface area contributed by atoms with Gasteiger partial charge in [-0.3, -0.25) is 9.42 Å². The molecule has 1 saturated carbocycles. The maximum absolute atomic E-state index is 12.5. The number of hydrogen-bond acceptors (Lipinski definition) is 8. The minimum atomic E-state index is -4.72. The van der Waals surface area contributed by atoms with Gasteiger partial charge in [-0.15, -0.1) is 0 Å². The number of ether oxygens (including phenoxy) is 3. The van der Waals surface area contributed by atoms with Crippen molar-refractivity contribution in [3.8, 4) is 0 Å². The summed E-state index contributed by atoms with van der Waals surface area (Å²) < 4.78 is 39.4. The number of carbonyl (C=O) groups is 1. The molecule has 10 heteroatoms. The normalized spacial score (nSPS) is 37.2. The van der Waals surface area contributed by atoms with Crippen LogP contribution in [-0.4, -0.2) is 65.3 Å². The van der Waals surface area contributed by atoms with Gasteiger partial charge in [0, 0.05) is 12.3 Å². The molecule has 0 spiro atoms. The minimum absolute atomic E-state index is 0.0584. The smallest absolute Gasteiger partial charge is 0.392 e. The Hall–Kier alpha value is -0.540. The van der Waals surface area contributed by atoms with E-state index < -0.39 is 44.1 Å². The molecule has 1 heterocycles. The highest BCUT2D eigenvalue weighted by Crippen LogP contribution is 2.50. The molecule has 29 heavy (non-hydrogen) atoms. The lowest BCUT2D eigenvalue weighted by Gasteiger charge is -2.25. The van der Waals surface area contributed by atoms with Gasteiger partial charge in [0.1, 0.15) is 0 Å². The third kappa shape index (κ3) is 6.99. The first kappa shape index (κ1) is 24.7. The van der Waals surface area contributed by atoms with Crippen molar-refractivity contribution in [3.63, 3.8) is 0 Å². The Morgan fingerprint density at radius 2 is 1.79 bits per heavy atom. The first-order chi connectivity index (χ1) is 13.4. The van der Waals surface area contributed by atoms with Crippen LogP contribution in [0.2, 0.25) is 0 Å². The fourth-order valence-electron chi connectivity index (χ4n) is 3.84. The van der Waals surface area contributed by atoms with Crippen LogP contribution >= 0.6 is 7.82 Å². The molecular formula is C19H35O9P. The van der Waals surface area contributed by atoms with Crippen LogP contribution in [-0.2, 0) is 32.6 Å². The van der Waals surface area contributed by atoms with E-state index in [1.54, 1.807) is 6.92 Å². The van der Waals surface area contributed by atoms with E-state index in [2.05, 4.69) is 0 Å². The van der Waals surface area contributed by atoms with Crippen molar-refractivity contribution in [3.05, 3.63) is 0 Å². The molecule has 1 aliphatic heterocycles. The monoisotopic (exact) mass is 438 g/mol. The molecule has 4 unspecified atom stereocenters. The highest BCUT2D eigenvalue weighted by Gasteiger charge is 2.47. The summed E-state index contributed by atoms with van der Waals surface area (Å²) in [5.74, 6) is -1.63. The van der Waals surface area contributed by atoms with Gasteiger partial charge in [0.15, 0.2) is 6.10 Å². The van der Waals surface area contributed by atoms with E-state index in [9.17, 15) is 19.4 Å². The fourth-order valence-corrected chi connectivity index (χ4v) is 4.80. The topological polar surface area (TPSA) is 121 Å². The third-order valence-corrected chi connectivity index (χ3v) is 6.11. The molecule has 0 amide bonds. The van der Waals surface area contributed by atoms with E-state index >= 15 is 0 Å². The van der Waals surface area contributed by atoms with Crippen LogP contribution in [0.1, 0.15) is 54.4 Å². The minimum Gasteiger partial charge on any atom is -0.392 e. The molecule has 1 saturated heterocycles. The van der Waals surface area contributed by atoms with Crippen molar-refractivity contribution in [2.75, 3.05) is 6.61 Å². The van der Waals surface area contributed by atoms with E-state index in [0.717, 1.165) is 0 Å². The first-order valence-corrected chi connectivity index (χ1v) is 11.7. The molecule has 2 N–H and O–H groups in total. The number of phosphoric acid groups is 1. The zero-order valence-corrected chi connectivity index (χ0v) is 18.9. The Bertz CT molecular complexity index is 596. The maximum atomic E-state index is 12.5. The van der Waals surface area contributed by atoms with Crippen LogP contribution in [0, 0.1) is 11.8 Å². The third-order valence-electron chi connectivity index (χ3n) is 5.16. The average molecular weight is 438 g/mol. The Labute approximate surface area is 172 Å². The molecular weight excluding hydrogens is 403 g/mol. The second-order valence-electron chi connectivity index (χ2n) is 8.60. The Balaban J connectivity index is 2.00. The number of hydrogen-bond donors (Lipinski definition) is 2. The maximum Gasteiger partial charge on any atom is 0.529 e. The Morgan fingerprint density at radius 1 is 1.14 bits per heavy atom. The summed E-state index contributed by atoms with van der Waals surface area (Å²) in [6, 6.07) is 0. The van der Waals surface area contributed by atoms with E-state index in [4.69, 9.17) is 23.3 Å². The van der Waals surface area contributed by atoms with Crippen molar-refractivity contribution in [2.45, 2.75) is 97.1 Å². The quantitative estimate of drug-likeness (QED) is 0.523. The Kier molecular flexibility index (Phi) is 8.68. The van der Waals surface area contributed by atoms with Crippen molar-refractivity contribution < 1.29 is 42.6 Å². The largest absolute Gasteiger partial charge is 0.529 e. The van der Waals surface area contributed by atoms with Crippen molar-refractivity contribution in [2.24, 2.45) is 11.8 Å². The summed E-state index contributed by atoms with van der Waals surface area (Å²) in [7, 11) is -4.72. The van der Waals surface area contributed by atoms with Crippen LogP contribution in [0.15, 0.2) is 0 Å². The van der Waals surface area contributed by atoms with E-state index in [0.29, 0.717) is 12.8 Å². The zero-order valence-electron chi connectivity index (χ0n) is 18.0. The molecule has 0 aromatic carbocycles. The number of aliphatic hydroxyl groups is 1. The van der Waals surface area contributed by atoms with Gasteiger partial charge in [0.05, 0.1) is 43.2 Å². The summed E-state index contributed by atoms with van der Waals surface area (Å²) in [6.07, 6.45) is -2.76. The molecule has 0 aromatic heterocycles. The van der Waals surface area contributed by atoms with Crippen molar-refractivity contribution in [1.29, 1.82) is 0 Å². The van der Waals surface area contributed by atoms with Gasteiger partial charge in [0.25, 0.3) is 0 Å². The molecule has 1 aliphatic carbocycles. The zero-order chi connectivity index (χ0) is 21.9. The van der Waals surface area contributed by atoms with E-state index in [1.807, 2.05) is 34.6 Å². The molecule has 0 bridgehead atoms. The first-order valence-electron chi connectivity index (χ1n) is 10.2. The van der Waals surface area contributed by atoms with Crippen LogP contribution in [0.4, 0.5) is 0 Å². The van der Waals surface area contributed by atoms with Crippen LogP contribution in [0.5, 0.6) is 0 Å². The standard InChI is InChI=1S/C19H35O9P/c1-10(2)24-9-14-15(7-12(5)17(14)20)27-29(22,23)28-19(21)18-16(25-11(3)4)8-13(6)26-18/h10-18,20H,7-9H2,1-6H3,(H,22,23)/t12-,13-,14+,15?,16?,17?,18-/m0/s1. The summed E-state index contributed by atoms with van der Waals surface area (Å²) in [5, 5.41) is 10.4. The summed E-state index contributed by atoms with van der Waals surface area (Å²) in [6.45, 7) is 11.2. The van der Waals surface area contributed by atoms with Gasteiger partial charge < -0.3 is 23.8 Å². The number of carbonyl (C=O) groups excluding carboxylic acids is 1. The van der Waals surface area contributed by atoms with E-state index in [1.165, 1.54) is 0 Å². The summed E-state index contributed by atoms with van der Waals surface area (Å²) in [5.41, 5.74) is 0. The number of aliphatic hydroxyl groups excluding tert-OH is 1. The van der Waals surface area contributed by atoms with Gasteiger partial charge in [-0.25, -0.2) is 9.36 Å². The highest BCUT2D eigenvalue weighted by molar-refractivity contribution is 7.48. The van der Waals surface area contributed by atoms with Crippen molar-refractivity contribution in [1.82, 2.24) is 0 Å². The lowest BCUT2D eigenvalue weighted by molar-refractivity contribution is -0.155. The molecule has 0 radical (unpaired) electrons. The molecule has 9 nitrogen and oxygen atoms in total. The van der Waals surface area contributed by atoms with E-state index in [-0.39, 0.29) is 30.8 Å². The molecule has 0 aromatic rings. The van der Waals surface area contributed by atoms with Crippen LogP contribution in [0.3, 0.4) is 0 Å². The van der Waals surface area contributed by atoms with Gasteiger partial charge in [-0.05, 0) is 47.0 Å². The molecule has 2 fully saturated rings. The lowest BCUT2D eigenvalue weighted by atomic mass is 10.0. The van der Waals surface area contributed by atoms with Crippen LogP contribution in [0.25, 0.3) is 0 Å². The van der Waals surface area contributed by atoms with Gasteiger partial charge in [-0.1, -0.05) is 6.92 Å². The second-order valence-corrected chi connectivity index (χ2v) is 9.93. The van der Waals surface area contributed by atoms with Gasteiger partial charge in [0.2, 0.25) is 0 Å². The lowest BCUT2D eigenvalue weighted by Crippen LogP contribution is -2.36. The molecule has 2 aliphatic rings. The van der Waals surface area contributed by atoms with Crippen LogP contribution < -0.4 is 0 Å². The fraction of sp³-hybridized carbons (Fsp3) is 0.947. The molecule has 8 atom stereocenters. The number of phosphoric ester groups is 1. The molecule has 2 rings (SSSR count). The Morgan fingerprint density at radius 3 is 2.38 bits per heavy atom. The highest BCUT2D eigenvalue weighted by atomic mass is 31.2. The second kappa shape index (κ2) is 10.2. The van der Waals surface area contributed by atoms with Gasteiger partial charge in [-0.2, -0.15) is 0 Å². The summed E-state index contributed by atoms with van der Waals surface area (Å²) >= 11 is 0. The average Bonchev–Trinajstić information content (AvgIpc) is 3.04. The number of rotatable bonds is 9.